The fourth-order valence-electron chi connectivity index (χ4n) is 5.34. The predicted octanol–water partition coefficient (Wildman–Crippen LogP) is 4.46. The second-order valence-electron chi connectivity index (χ2n) is 9.70. The van der Waals surface area contributed by atoms with Crippen molar-refractivity contribution in [3.05, 3.63) is 84.6 Å². The molecule has 0 saturated carbocycles. The minimum Gasteiger partial charge on any atom is -0.457 e. The number of carbonyl (C=O) groups excluding carboxylic acids is 3. The van der Waals surface area contributed by atoms with Gasteiger partial charge in [-0.25, -0.2) is 9.78 Å². The molecule has 0 bridgehead atoms. The summed E-state index contributed by atoms with van der Waals surface area (Å²) in [5.74, 6) is 1.08. The molecule has 0 spiro atoms. The van der Waals surface area contributed by atoms with E-state index in [-0.39, 0.29) is 23.9 Å². The van der Waals surface area contributed by atoms with E-state index in [1.54, 1.807) is 16.0 Å². The lowest BCUT2D eigenvalue weighted by atomic mass is 9.99. The number of hydrogen-bond acceptors (Lipinski definition) is 6. The number of aromatic nitrogens is 1. The van der Waals surface area contributed by atoms with E-state index < -0.39 is 11.3 Å². The van der Waals surface area contributed by atoms with Crippen molar-refractivity contribution in [2.24, 2.45) is 0 Å². The van der Waals surface area contributed by atoms with Crippen molar-refractivity contribution in [1.29, 1.82) is 0 Å². The molecular formula is C29H27N5O4S. The standard InChI is InChI=1S/C29H27N5O4S/c1-3-23(35)31-18-12-14-33(16-18)28(36)26-25-24-22(11-13-30-27(24)39-26)34(29(37)32-25)21-10-9-20(15-17(21)2)38-19-7-5-4-6-8-19/h3-11,13,15,18,25-26H,1,12,14,16H2,2H3,(H,31,35)(H,32,37)/t18-,25?,26?/m0/s1. The average molecular weight is 542 g/mol. The van der Waals surface area contributed by atoms with Crippen LogP contribution < -0.4 is 20.3 Å². The second kappa shape index (κ2) is 10.1. The van der Waals surface area contributed by atoms with E-state index in [1.807, 2.05) is 61.5 Å². The molecule has 2 unspecified atom stereocenters. The van der Waals surface area contributed by atoms with Crippen molar-refractivity contribution in [3.8, 4) is 11.5 Å². The van der Waals surface area contributed by atoms with Crippen molar-refractivity contribution >= 4 is 41.0 Å². The zero-order chi connectivity index (χ0) is 27.1. The fourth-order valence-corrected chi connectivity index (χ4v) is 6.65. The zero-order valence-electron chi connectivity index (χ0n) is 21.3. The van der Waals surface area contributed by atoms with Crippen LogP contribution in [0.15, 0.2) is 78.5 Å². The number of carbonyl (C=O) groups is 3. The van der Waals surface area contributed by atoms with Crippen molar-refractivity contribution in [2.75, 3.05) is 18.0 Å². The second-order valence-corrected chi connectivity index (χ2v) is 10.8. The Bertz CT molecular complexity index is 1480. The van der Waals surface area contributed by atoms with Crippen molar-refractivity contribution in [3.63, 3.8) is 0 Å². The summed E-state index contributed by atoms with van der Waals surface area (Å²) in [6, 6.07) is 16.0. The Labute approximate surface area is 230 Å². The van der Waals surface area contributed by atoms with Crippen LogP contribution in [0.2, 0.25) is 0 Å². The SMILES string of the molecule is C=CC(=O)N[C@H]1CCN(C(=O)C2Sc3nccc4c3C2NC(=O)N4c2ccc(Oc3ccccc3)cc2C)C1. The van der Waals surface area contributed by atoms with Crippen LogP contribution in [-0.4, -0.2) is 52.1 Å². The number of nitrogens with zero attached hydrogens (tertiary/aromatic N) is 3. The van der Waals surface area contributed by atoms with Crippen LogP contribution in [0.25, 0.3) is 0 Å². The molecule has 198 valence electrons. The summed E-state index contributed by atoms with van der Waals surface area (Å²) in [7, 11) is 0. The molecule has 10 heteroatoms. The lowest BCUT2D eigenvalue weighted by Gasteiger charge is -2.35. The zero-order valence-corrected chi connectivity index (χ0v) is 22.1. The summed E-state index contributed by atoms with van der Waals surface area (Å²) < 4.78 is 5.97. The van der Waals surface area contributed by atoms with Crippen molar-refractivity contribution in [2.45, 2.75) is 35.7 Å². The third kappa shape index (κ3) is 4.61. The van der Waals surface area contributed by atoms with Gasteiger partial charge in [0.25, 0.3) is 0 Å². The number of amides is 4. The molecule has 0 radical (unpaired) electrons. The maximum Gasteiger partial charge on any atom is 0.327 e. The van der Waals surface area contributed by atoms with E-state index in [0.29, 0.717) is 30.9 Å². The molecule has 1 fully saturated rings. The van der Waals surface area contributed by atoms with Crippen LogP contribution in [0.5, 0.6) is 11.5 Å². The fraction of sp³-hybridized carbons (Fsp3) is 0.241. The molecule has 1 aromatic heterocycles. The summed E-state index contributed by atoms with van der Waals surface area (Å²) in [5, 5.41) is 6.14. The van der Waals surface area contributed by atoms with Gasteiger partial charge < -0.3 is 20.3 Å². The van der Waals surface area contributed by atoms with Crippen LogP contribution >= 0.6 is 11.8 Å². The first-order chi connectivity index (χ1) is 18.9. The number of benzene rings is 2. The van der Waals surface area contributed by atoms with Gasteiger partial charge in [-0.1, -0.05) is 36.5 Å². The Hall–Kier alpha value is -4.31. The van der Waals surface area contributed by atoms with Gasteiger partial charge in [0.2, 0.25) is 11.8 Å². The number of likely N-dealkylation sites (tertiary alicyclic amines) is 1. The molecule has 2 N–H and O–H groups in total. The molecule has 4 heterocycles. The number of nitrogens with one attached hydrogen (secondary N) is 2. The van der Waals surface area contributed by atoms with E-state index in [0.717, 1.165) is 27.6 Å². The molecule has 1 saturated heterocycles. The number of rotatable bonds is 6. The van der Waals surface area contributed by atoms with Crippen LogP contribution in [-0.2, 0) is 9.59 Å². The van der Waals surface area contributed by atoms with E-state index >= 15 is 0 Å². The monoisotopic (exact) mass is 541 g/mol. The molecule has 3 atom stereocenters. The van der Waals surface area contributed by atoms with Crippen LogP contribution in [0, 0.1) is 6.92 Å². The molecule has 39 heavy (non-hydrogen) atoms. The largest absolute Gasteiger partial charge is 0.457 e. The van der Waals surface area contributed by atoms with Crippen molar-refractivity contribution < 1.29 is 19.1 Å². The van der Waals surface area contributed by atoms with Gasteiger partial charge in [0.05, 0.1) is 17.4 Å². The molecule has 3 aliphatic rings. The van der Waals surface area contributed by atoms with Gasteiger partial charge in [-0.3, -0.25) is 14.5 Å². The Morgan fingerprint density at radius 2 is 1.97 bits per heavy atom. The number of anilines is 2. The highest BCUT2D eigenvalue weighted by Gasteiger charge is 2.48. The van der Waals surface area contributed by atoms with Crippen LogP contribution in [0.4, 0.5) is 16.2 Å². The highest BCUT2D eigenvalue weighted by Crippen LogP contribution is 2.51. The first-order valence-electron chi connectivity index (χ1n) is 12.7. The number of pyridine rings is 1. The van der Waals surface area contributed by atoms with Gasteiger partial charge in [0.1, 0.15) is 21.8 Å². The topological polar surface area (TPSA) is 104 Å². The third-order valence-corrected chi connectivity index (χ3v) is 8.45. The molecule has 3 aromatic rings. The van der Waals surface area contributed by atoms with E-state index in [2.05, 4.69) is 22.2 Å². The minimum absolute atomic E-state index is 0.0725. The van der Waals surface area contributed by atoms with E-state index in [1.165, 1.54) is 17.8 Å². The molecule has 0 aliphatic carbocycles. The summed E-state index contributed by atoms with van der Waals surface area (Å²) in [6.45, 7) is 6.39. The highest BCUT2D eigenvalue weighted by molar-refractivity contribution is 8.01. The first kappa shape index (κ1) is 25.0. The summed E-state index contributed by atoms with van der Waals surface area (Å²) in [6.07, 6.45) is 3.58. The number of thioether (sulfide) groups is 1. The number of hydrogen-bond donors (Lipinski definition) is 2. The smallest absolute Gasteiger partial charge is 0.327 e. The quantitative estimate of drug-likeness (QED) is 0.447. The van der Waals surface area contributed by atoms with Crippen molar-refractivity contribution in [1.82, 2.24) is 20.5 Å². The number of urea groups is 1. The predicted molar refractivity (Wildman–Crippen MR) is 148 cm³/mol. The maximum atomic E-state index is 13.6. The maximum absolute atomic E-state index is 13.6. The van der Waals surface area contributed by atoms with Gasteiger partial charge in [-0.2, -0.15) is 0 Å². The van der Waals surface area contributed by atoms with Gasteiger partial charge in [0, 0.05) is 30.9 Å². The first-order valence-corrected chi connectivity index (χ1v) is 13.6. The summed E-state index contributed by atoms with van der Waals surface area (Å²) in [4.78, 5) is 46.8. The molecule has 6 rings (SSSR count). The number of para-hydroxylation sites is 1. The molecule has 4 amide bonds. The summed E-state index contributed by atoms with van der Waals surface area (Å²) >= 11 is 1.38. The summed E-state index contributed by atoms with van der Waals surface area (Å²) in [5.41, 5.74) is 3.15. The van der Waals surface area contributed by atoms with Gasteiger partial charge in [-0.15, -0.1) is 0 Å². The van der Waals surface area contributed by atoms with Crippen LogP contribution in [0.3, 0.4) is 0 Å². The Morgan fingerprint density at radius 1 is 1.15 bits per heavy atom. The number of aryl methyl sites for hydroxylation is 1. The van der Waals surface area contributed by atoms with Crippen LogP contribution in [0.1, 0.15) is 23.6 Å². The van der Waals surface area contributed by atoms with E-state index in [9.17, 15) is 14.4 Å². The Morgan fingerprint density at radius 3 is 2.74 bits per heavy atom. The third-order valence-electron chi connectivity index (χ3n) is 7.17. The Kier molecular flexibility index (Phi) is 6.48. The normalized spacial score (nSPS) is 21.3. The van der Waals surface area contributed by atoms with Gasteiger partial charge in [0.15, 0.2) is 0 Å². The average Bonchev–Trinajstić information content (AvgIpc) is 3.55. The Balaban J connectivity index is 1.25. The molecule has 9 nitrogen and oxygen atoms in total. The molecular weight excluding hydrogens is 514 g/mol. The molecule has 3 aliphatic heterocycles. The number of ether oxygens (including phenoxy) is 1. The minimum atomic E-state index is -0.531. The lowest BCUT2D eigenvalue weighted by Crippen LogP contribution is -2.49. The van der Waals surface area contributed by atoms with Gasteiger partial charge >= 0.3 is 6.03 Å². The van der Waals surface area contributed by atoms with Gasteiger partial charge in [-0.05, 0) is 61.4 Å². The molecule has 2 aromatic carbocycles. The van der Waals surface area contributed by atoms with E-state index in [4.69, 9.17) is 4.74 Å². The highest BCUT2D eigenvalue weighted by atomic mass is 32.2. The lowest BCUT2D eigenvalue weighted by molar-refractivity contribution is -0.130.